The van der Waals surface area contributed by atoms with Gasteiger partial charge < -0.3 is 5.11 Å². The summed E-state index contributed by atoms with van der Waals surface area (Å²) >= 11 is 0. The molecule has 1 aliphatic rings. The first-order valence-corrected chi connectivity index (χ1v) is 6.86. The normalized spacial score (nSPS) is 13.7. The molecular formula is C18H11NO3. The van der Waals surface area contributed by atoms with Crippen LogP contribution in [0.15, 0.2) is 60.7 Å². The van der Waals surface area contributed by atoms with Crippen molar-refractivity contribution >= 4 is 28.3 Å². The highest BCUT2D eigenvalue weighted by Gasteiger charge is 2.34. The summed E-state index contributed by atoms with van der Waals surface area (Å²) in [6, 6.07) is 17.0. The van der Waals surface area contributed by atoms with E-state index in [1.165, 1.54) is 6.07 Å². The lowest BCUT2D eigenvalue weighted by molar-refractivity contribution is 0.0893. The summed E-state index contributed by atoms with van der Waals surface area (Å²) in [6.45, 7) is 0. The van der Waals surface area contributed by atoms with E-state index in [1.54, 1.807) is 48.5 Å². The van der Waals surface area contributed by atoms with E-state index in [0.717, 1.165) is 4.90 Å². The number of hydrogen-bond acceptors (Lipinski definition) is 3. The Bertz CT molecular complexity index is 932. The van der Waals surface area contributed by atoms with Gasteiger partial charge >= 0.3 is 0 Å². The van der Waals surface area contributed by atoms with Crippen molar-refractivity contribution in [3.63, 3.8) is 0 Å². The minimum atomic E-state index is -0.421. The zero-order valence-corrected chi connectivity index (χ0v) is 11.5. The average molecular weight is 289 g/mol. The molecular weight excluding hydrogens is 278 g/mol. The fourth-order valence-electron chi connectivity index (χ4n) is 2.90. The van der Waals surface area contributed by atoms with Crippen LogP contribution in [0.3, 0.4) is 0 Å². The molecule has 0 saturated carbocycles. The molecule has 1 heterocycles. The van der Waals surface area contributed by atoms with Crippen LogP contribution in [0, 0.1) is 0 Å². The van der Waals surface area contributed by atoms with E-state index < -0.39 is 5.91 Å². The van der Waals surface area contributed by atoms with Crippen molar-refractivity contribution in [1.29, 1.82) is 0 Å². The number of phenolic OH excluding ortho intramolecular Hbond substituents is 1. The predicted octanol–water partition coefficient (Wildman–Crippen LogP) is 3.35. The van der Waals surface area contributed by atoms with Crippen LogP contribution in [-0.4, -0.2) is 16.9 Å². The van der Waals surface area contributed by atoms with E-state index in [2.05, 4.69) is 0 Å². The second-order valence-corrected chi connectivity index (χ2v) is 5.18. The minimum absolute atomic E-state index is 0.00959. The maximum absolute atomic E-state index is 12.8. The molecule has 0 atom stereocenters. The third-order valence-electron chi connectivity index (χ3n) is 3.84. The summed E-state index contributed by atoms with van der Waals surface area (Å²) in [4.78, 5) is 26.7. The monoisotopic (exact) mass is 289 g/mol. The molecule has 3 aromatic rings. The number of amides is 2. The molecule has 0 radical (unpaired) electrons. The molecule has 0 aromatic heterocycles. The second kappa shape index (κ2) is 4.43. The van der Waals surface area contributed by atoms with Crippen LogP contribution in [-0.2, 0) is 0 Å². The molecule has 0 spiro atoms. The number of nitrogens with zero attached hydrogens (tertiary/aromatic N) is 1. The Hall–Kier alpha value is -3.14. The number of benzene rings is 3. The largest absolute Gasteiger partial charge is 0.508 e. The Morgan fingerprint density at radius 1 is 0.773 bits per heavy atom. The average Bonchev–Trinajstić information content (AvgIpc) is 2.53. The SMILES string of the molecule is O=C1c2cccc3cc(O)cc(c23)C(=O)N1c1ccccc1. The molecule has 4 nitrogen and oxygen atoms in total. The number of phenols is 1. The van der Waals surface area contributed by atoms with Crippen molar-refractivity contribution in [1.82, 2.24) is 0 Å². The highest BCUT2D eigenvalue weighted by atomic mass is 16.3. The Labute approximate surface area is 126 Å². The summed E-state index contributed by atoms with van der Waals surface area (Å²) < 4.78 is 0. The molecule has 4 heteroatoms. The van der Waals surface area contributed by atoms with Gasteiger partial charge in [-0.3, -0.25) is 9.59 Å². The van der Waals surface area contributed by atoms with Gasteiger partial charge in [-0.2, -0.15) is 0 Å². The third-order valence-corrected chi connectivity index (χ3v) is 3.84. The first kappa shape index (κ1) is 12.6. The van der Waals surface area contributed by atoms with Gasteiger partial charge in [0.2, 0.25) is 0 Å². The van der Waals surface area contributed by atoms with Crippen molar-refractivity contribution in [2.24, 2.45) is 0 Å². The third kappa shape index (κ3) is 1.64. The van der Waals surface area contributed by atoms with Gasteiger partial charge in [-0.25, -0.2) is 4.90 Å². The van der Waals surface area contributed by atoms with Gasteiger partial charge in [0.1, 0.15) is 5.75 Å². The molecule has 0 bridgehead atoms. The topological polar surface area (TPSA) is 57.6 Å². The number of carbonyl (C=O) groups excluding carboxylic acids is 2. The van der Waals surface area contributed by atoms with E-state index in [1.807, 2.05) is 6.07 Å². The number of hydrogen-bond donors (Lipinski definition) is 1. The van der Waals surface area contributed by atoms with E-state index in [9.17, 15) is 14.7 Å². The van der Waals surface area contributed by atoms with Gasteiger partial charge in [-0.15, -0.1) is 0 Å². The molecule has 2 amide bonds. The summed E-state index contributed by atoms with van der Waals surface area (Å²) in [6.07, 6.45) is 0. The van der Waals surface area contributed by atoms with E-state index in [-0.39, 0.29) is 11.7 Å². The van der Waals surface area contributed by atoms with Crippen molar-refractivity contribution in [3.8, 4) is 5.75 Å². The Kier molecular flexibility index (Phi) is 2.53. The van der Waals surface area contributed by atoms with E-state index >= 15 is 0 Å². The van der Waals surface area contributed by atoms with Gasteiger partial charge in [0.15, 0.2) is 0 Å². The van der Waals surface area contributed by atoms with Gasteiger partial charge in [0.05, 0.1) is 11.3 Å². The fourth-order valence-corrected chi connectivity index (χ4v) is 2.90. The summed E-state index contributed by atoms with van der Waals surface area (Å²) in [7, 11) is 0. The number of aromatic hydroxyl groups is 1. The quantitative estimate of drug-likeness (QED) is 0.699. The first-order chi connectivity index (χ1) is 10.7. The molecule has 22 heavy (non-hydrogen) atoms. The lowest BCUT2D eigenvalue weighted by Crippen LogP contribution is -2.40. The Balaban J connectivity index is 2.04. The van der Waals surface area contributed by atoms with Crippen LogP contribution in [0.2, 0.25) is 0 Å². The van der Waals surface area contributed by atoms with Gasteiger partial charge in [0, 0.05) is 10.9 Å². The first-order valence-electron chi connectivity index (χ1n) is 6.86. The summed E-state index contributed by atoms with van der Waals surface area (Å²) in [5.41, 5.74) is 1.33. The molecule has 0 unspecified atom stereocenters. The molecule has 106 valence electrons. The van der Waals surface area contributed by atoms with Crippen LogP contribution in [0.1, 0.15) is 20.7 Å². The van der Waals surface area contributed by atoms with Gasteiger partial charge in [-0.05, 0) is 35.7 Å². The number of carbonyl (C=O) groups is 2. The minimum Gasteiger partial charge on any atom is -0.508 e. The number of anilines is 1. The van der Waals surface area contributed by atoms with Crippen LogP contribution in [0.5, 0.6) is 5.75 Å². The van der Waals surface area contributed by atoms with Crippen molar-refractivity contribution in [3.05, 3.63) is 71.8 Å². The Morgan fingerprint density at radius 2 is 1.50 bits per heavy atom. The van der Waals surface area contributed by atoms with E-state index in [4.69, 9.17) is 0 Å². The van der Waals surface area contributed by atoms with Crippen LogP contribution < -0.4 is 4.90 Å². The lowest BCUT2D eigenvalue weighted by Gasteiger charge is -2.27. The highest BCUT2D eigenvalue weighted by Crippen LogP contribution is 2.34. The number of rotatable bonds is 1. The lowest BCUT2D eigenvalue weighted by atomic mass is 9.93. The van der Waals surface area contributed by atoms with Crippen LogP contribution in [0.4, 0.5) is 5.69 Å². The van der Waals surface area contributed by atoms with E-state index in [0.29, 0.717) is 27.6 Å². The van der Waals surface area contributed by atoms with Crippen LogP contribution in [0.25, 0.3) is 10.8 Å². The molecule has 3 aromatic carbocycles. The molecule has 4 rings (SSSR count). The van der Waals surface area contributed by atoms with Crippen molar-refractivity contribution in [2.75, 3.05) is 4.90 Å². The Morgan fingerprint density at radius 3 is 2.27 bits per heavy atom. The predicted molar refractivity (Wildman–Crippen MR) is 83.2 cm³/mol. The number of para-hydroxylation sites is 1. The fraction of sp³-hybridized carbons (Fsp3) is 0. The van der Waals surface area contributed by atoms with Crippen molar-refractivity contribution < 1.29 is 14.7 Å². The highest BCUT2D eigenvalue weighted by molar-refractivity contribution is 6.35. The smallest absolute Gasteiger partial charge is 0.266 e. The molecule has 1 aliphatic heterocycles. The number of imide groups is 1. The molecule has 0 aliphatic carbocycles. The maximum Gasteiger partial charge on any atom is 0.266 e. The second-order valence-electron chi connectivity index (χ2n) is 5.18. The zero-order chi connectivity index (χ0) is 15.3. The molecule has 0 fully saturated rings. The van der Waals surface area contributed by atoms with Gasteiger partial charge in [0.25, 0.3) is 11.8 Å². The van der Waals surface area contributed by atoms with Crippen molar-refractivity contribution in [2.45, 2.75) is 0 Å². The zero-order valence-electron chi connectivity index (χ0n) is 11.5. The van der Waals surface area contributed by atoms with Crippen LogP contribution >= 0.6 is 0 Å². The summed E-state index contributed by atoms with van der Waals surface area (Å²) in [5.74, 6) is -0.758. The standard InChI is InChI=1S/C18H11NO3/c20-13-9-11-5-4-8-14-16(11)15(10-13)18(22)19(17(14)21)12-6-2-1-3-7-12/h1-10,20H. The maximum atomic E-state index is 12.8. The summed E-state index contributed by atoms with van der Waals surface area (Å²) in [5, 5.41) is 11.1. The molecule has 0 saturated heterocycles. The molecule has 1 N–H and O–H groups in total. The van der Waals surface area contributed by atoms with Gasteiger partial charge in [-0.1, -0.05) is 30.3 Å².